The molecule has 0 unspecified atom stereocenters. The second kappa shape index (κ2) is 13.3. The molecule has 0 aliphatic carbocycles. The van der Waals surface area contributed by atoms with E-state index >= 15 is 0 Å². The highest BCUT2D eigenvalue weighted by molar-refractivity contribution is 6.23. The predicted molar refractivity (Wildman–Crippen MR) is 246 cm³/mol. The second-order valence-corrected chi connectivity index (χ2v) is 15.3. The van der Waals surface area contributed by atoms with Crippen LogP contribution in [0.3, 0.4) is 0 Å². The van der Waals surface area contributed by atoms with Crippen molar-refractivity contribution in [2.45, 2.75) is 0 Å². The Labute approximate surface area is 340 Å². The zero-order valence-electron chi connectivity index (χ0n) is 31.9. The van der Waals surface area contributed by atoms with Crippen molar-refractivity contribution in [3.63, 3.8) is 0 Å². The molecule has 0 saturated heterocycles. The van der Waals surface area contributed by atoms with Gasteiger partial charge in [0.15, 0.2) is 0 Å². The van der Waals surface area contributed by atoms with Crippen LogP contribution in [0, 0.1) is 0 Å². The summed E-state index contributed by atoms with van der Waals surface area (Å²) in [6.45, 7) is 0. The molecule has 0 spiro atoms. The molecule has 2 heterocycles. The molecule has 0 radical (unpaired) electrons. The molecule has 10 aromatic carbocycles. The van der Waals surface area contributed by atoms with Crippen LogP contribution in [0.4, 0.5) is 0 Å². The topological polar surface area (TPSA) is 43.6 Å². The Morgan fingerprint density at radius 2 is 0.881 bits per heavy atom. The SMILES string of the molecule is c1ccc(-c2ccc(-n3nc4cc(-c5ccc6c(-c7ccc8ccccc8c7)c7ccccc7c(-c7ccc8ccccc8c7)c6c5)c5ccccc5c4n3)cc2)nc1. The van der Waals surface area contributed by atoms with Gasteiger partial charge in [0, 0.05) is 17.1 Å². The first-order valence-electron chi connectivity index (χ1n) is 20.0. The minimum Gasteiger partial charge on any atom is -0.256 e. The molecule has 0 N–H and O–H groups in total. The van der Waals surface area contributed by atoms with Crippen LogP contribution >= 0.6 is 0 Å². The Kier molecular flexibility index (Phi) is 7.50. The van der Waals surface area contributed by atoms with Crippen molar-refractivity contribution in [1.82, 2.24) is 20.0 Å². The fraction of sp³-hybridized carbons (Fsp3) is 0. The molecule has 0 aliphatic rings. The summed E-state index contributed by atoms with van der Waals surface area (Å²) in [6.07, 6.45) is 1.82. The van der Waals surface area contributed by atoms with Gasteiger partial charge in [-0.15, -0.1) is 10.2 Å². The third-order valence-electron chi connectivity index (χ3n) is 11.9. The maximum absolute atomic E-state index is 5.09. The third kappa shape index (κ3) is 5.49. The molecule has 0 amide bonds. The predicted octanol–water partition coefficient (Wildman–Crippen LogP) is 14.2. The van der Waals surface area contributed by atoms with E-state index in [1.54, 1.807) is 4.80 Å². The molecule has 12 rings (SSSR count). The van der Waals surface area contributed by atoms with Crippen LogP contribution < -0.4 is 0 Å². The van der Waals surface area contributed by atoms with Gasteiger partial charge in [0.1, 0.15) is 11.0 Å². The average Bonchev–Trinajstić information content (AvgIpc) is 3.75. The standard InChI is InChI=1S/C55H34N4/c1-3-13-38-31-41(22-20-35(38)11-1)53-45-16-6-7-17-46(45)54(42-23-21-36-12-2-4-14-39(36)32-42)50-33-40(26-29-47(50)53)49-34-52-55(48-18-8-5-15-44(48)49)58-59(57-52)43-27-24-37(25-28-43)51-19-9-10-30-56-51/h1-34H. The molecule has 2 aromatic heterocycles. The lowest BCUT2D eigenvalue weighted by Gasteiger charge is -2.19. The highest BCUT2D eigenvalue weighted by Crippen LogP contribution is 2.46. The Morgan fingerprint density at radius 1 is 0.339 bits per heavy atom. The molecule has 4 nitrogen and oxygen atoms in total. The first-order valence-corrected chi connectivity index (χ1v) is 20.0. The molecule has 0 bridgehead atoms. The lowest BCUT2D eigenvalue weighted by atomic mass is 9.84. The molecule has 12 aromatic rings. The van der Waals surface area contributed by atoms with Crippen LogP contribution in [0.2, 0.25) is 0 Å². The van der Waals surface area contributed by atoms with Gasteiger partial charge < -0.3 is 0 Å². The van der Waals surface area contributed by atoms with Crippen LogP contribution in [0.15, 0.2) is 206 Å². The van der Waals surface area contributed by atoms with E-state index in [0.717, 1.165) is 49.9 Å². The summed E-state index contributed by atoms with van der Waals surface area (Å²) in [7, 11) is 0. The van der Waals surface area contributed by atoms with Gasteiger partial charge in [0.2, 0.25) is 0 Å². The smallest absolute Gasteiger partial charge is 0.121 e. The normalized spacial score (nSPS) is 11.7. The van der Waals surface area contributed by atoms with Gasteiger partial charge >= 0.3 is 0 Å². The summed E-state index contributed by atoms with van der Waals surface area (Å²) < 4.78 is 0. The summed E-state index contributed by atoms with van der Waals surface area (Å²) in [5, 5.41) is 22.2. The van der Waals surface area contributed by atoms with E-state index in [2.05, 4.69) is 187 Å². The Balaban J connectivity index is 1.10. The molecule has 4 heteroatoms. The van der Waals surface area contributed by atoms with Crippen LogP contribution in [-0.4, -0.2) is 20.0 Å². The quantitative estimate of drug-likeness (QED) is 0.165. The van der Waals surface area contributed by atoms with Gasteiger partial charge in [-0.2, -0.15) is 4.80 Å². The number of fused-ring (bicyclic) bond motifs is 7. The maximum Gasteiger partial charge on any atom is 0.121 e. The van der Waals surface area contributed by atoms with Crippen LogP contribution in [0.1, 0.15) is 0 Å². The number of benzene rings is 10. The summed E-state index contributed by atoms with van der Waals surface area (Å²) in [6, 6.07) is 72.0. The largest absolute Gasteiger partial charge is 0.256 e. The highest BCUT2D eigenvalue weighted by Gasteiger charge is 2.20. The molecule has 59 heavy (non-hydrogen) atoms. The number of hydrogen-bond donors (Lipinski definition) is 0. The Hall–Kier alpha value is -7.95. The van der Waals surface area contributed by atoms with Gasteiger partial charge in [-0.25, -0.2) is 0 Å². The van der Waals surface area contributed by atoms with Crippen molar-refractivity contribution in [1.29, 1.82) is 0 Å². The van der Waals surface area contributed by atoms with Crippen molar-refractivity contribution in [3.8, 4) is 50.3 Å². The highest BCUT2D eigenvalue weighted by atomic mass is 15.5. The molecule has 0 saturated carbocycles. The van der Waals surface area contributed by atoms with E-state index in [1.165, 1.54) is 65.3 Å². The number of pyridine rings is 1. The van der Waals surface area contributed by atoms with Gasteiger partial charge in [0.05, 0.1) is 11.4 Å². The number of nitrogens with zero attached hydrogens (tertiary/aromatic N) is 4. The van der Waals surface area contributed by atoms with Crippen molar-refractivity contribution in [2.24, 2.45) is 0 Å². The zero-order chi connectivity index (χ0) is 38.9. The molecular weight excluding hydrogens is 717 g/mol. The van der Waals surface area contributed by atoms with Crippen molar-refractivity contribution >= 4 is 64.9 Å². The van der Waals surface area contributed by atoms with E-state index in [9.17, 15) is 0 Å². The number of hydrogen-bond acceptors (Lipinski definition) is 3. The van der Waals surface area contributed by atoms with Crippen molar-refractivity contribution in [2.75, 3.05) is 0 Å². The minimum atomic E-state index is 0.845. The van der Waals surface area contributed by atoms with Crippen LogP contribution in [0.25, 0.3) is 115 Å². The summed E-state index contributed by atoms with van der Waals surface area (Å²) in [5.74, 6) is 0. The first-order chi connectivity index (χ1) is 29.2. The lowest BCUT2D eigenvalue weighted by Crippen LogP contribution is -1.98. The lowest BCUT2D eigenvalue weighted by molar-refractivity contribution is 0.766. The molecule has 0 fully saturated rings. The number of aromatic nitrogens is 4. The fourth-order valence-electron chi connectivity index (χ4n) is 9.06. The van der Waals surface area contributed by atoms with Crippen LogP contribution in [-0.2, 0) is 0 Å². The van der Waals surface area contributed by atoms with Crippen molar-refractivity contribution < 1.29 is 0 Å². The number of rotatable bonds is 5. The van der Waals surface area contributed by atoms with Crippen molar-refractivity contribution in [3.05, 3.63) is 206 Å². The van der Waals surface area contributed by atoms with E-state index < -0.39 is 0 Å². The minimum absolute atomic E-state index is 0.845. The Bertz CT molecular complexity index is 3600. The summed E-state index contributed by atoms with van der Waals surface area (Å²) in [5.41, 5.74) is 11.7. The summed E-state index contributed by atoms with van der Waals surface area (Å²) in [4.78, 5) is 6.27. The van der Waals surface area contributed by atoms with Gasteiger partial charge in [-0.3, -0.25) is 4.98 Å². The van der Waals surface area contributed by atoms with E-state index in [0.29, 0.717) is 0 Å². The fourth-order valence-corrected chi connectivity index (χ4v) is 9.06. The maximum atomic E-state index is 5.09. The Morgan fingerprint density at radius 3 is 1.54 bits per heavy atom. The summed E-state index contributed by atoms with van der Waals surface area (Å²) >= 11 is 0. The molecule has 0 atom stereocenters. The zero-order valence-corrected chi connectivity index (χ0v) is 31.9. The second-order valence-electron chi connectivity index (χ2n) is 15.3. The van der Waals surface area contributed by atoms with Gasteiger partial charge in [-0.1, -0.05) is 152 Å². The van der Waals surface area contributed by atoms with E-state index in [1.807, 2.05) is 24.4 Å². The average molecular weight is 751 g/mol. The van der Waals surface area contributed by atoms with Gasteiger partial charge in [0.25, 0.3) is 0 Å². The van der Waals surface area contributed by atoms with Gasteiger partial charge in [-0.05, 0) is 130 Å². The molecule has 274 valence electrons. The first kappa shape index (κ1) is 33.2. The van der Waals surface area contributed by atoms with Crippen LogP contribution in [0.5, 0.6) is 0 Å². The molecular formula is C55H34N4. The monoisotopic (exact) mass is 750 g/mol. The van der Waals surface area contributed by atoms with E-state index in [-0.39, 0.29) is 0 Å². The van der Waals surface area contributed by atoms with E-state index in [4.69, 9.17) is 10.2 Å². The molecule has 0 aliphatic heterocycles. The third-order valence-corrected chi connectivity index (χ3v) is 11.9.